The zero-order valence-corrected chi connectivity index (χ0v) is 12.9. The number of nitrogens with zero attached hydrogens (tertiary/aromatic N) is 1. The fourth-order valence-corrected chi connectivity index (χ4v) is 3.35. The van der Waals surface area contributed by atoms with Gasteiger partial charge in [0.15, 0.2) is 0 Å². The second-order valence-electron chi connectivity index (χ2n) is 6.68. The molecule has 23 heavy (non-hydrogen) atoms. The molecule has 1 saturated carbocycles. The van der Waals surface area contributed by atoms with Crippen molar-refractivity contribution in [1.82, 2.24) is 9.55 Å². The fraction of sp³-hybridized carbons (Fsp3) is 0.412. The van der Waals surface area contributed by atoms with Gasteiger partial charge >= 0.3 is 5.69 Å². The molecule has 2 N–H and O–H groups in total. The molecule has 5 nitrogen and oxygen atoms in total. The Morgan fingerprint density at radius 1 is 1.26 bits per heavy atom. The van der Waals surface area contributed by atoms with Gasteiger partial charge in [-0.3, -0.25) is 14.3 Å². The van der Waals surface area contributed by atoms with Crippen molar-refractivity contribution in [3.8, 4) is 0 Å². The third-order valence-electron chi connectivity index (χ3n) is 4.99. The van der Waals surface area contributed by atoms with Crippen LogP contribution in [0.1, 0.15) is 43.4 Å². The summed E-state index contributed by atoms with van der Waals surface area (Å²) < 4.78 is 15.3. The van der Waals surface area contributed by atoms with E-state index >= 15 is 0 Å². The normalized spacial score (nSPS) is 21.4. The van der Waals surface area contributed by atoms with Gasteiger partial charge in [-0.1, -0.05) is 18.2 Å². The summed E-state index contributed by atoms with van der Waals surface area (Å²) in [5.74, 6) is 0.148. The predicted molar refractivity (Wildman–Crippen MR) is 85.3 cm³/mol. The maximum Gasteiger partial charge on any atom is 0.330 e. The van der Waals surface area contributed by atoms with Crippen LogP contribution in [0.5, 0.6) is 0 Å². The lowest BCUT2D eigenvalue weighted by Crippen LogP contribution is -2.44. The molecule has 1 fully saturated rings. The second-order valence-corrected chi connectivity index (χ2v) is 6.68. The van der Waals surface area contributed by atoms with Crippen molar-refractivity contribution >= 4 is 5.82 Å². The van der Waals surface area contributed by atoms with Crippen molar-refractivity contribution in [2.45, 2.75) is 44.2 Å². The lowest BCUT2D eigenvalue weighted by molar-refractivity contribution is 0.476. The molecule has 0 radical (unpaired) electrons. The Bertz CT molecular complexity index is 895. The Labute approximate surface area is 132 Å². The van der Waals surface area contributed by atoms with Crippen LogP contribution >= 0.6 is 0 Å². The first-order valence-corrected chi connectivity index (χ1v) is 7.89. The molecule has 1 aliphatic carbocycles. The first-order chi connectivity index (χ1) is 11.0. The third kappa shape index (κ3) is 2.20. The van der Waals surface area contributed by atoms with E-state index in [1.165, 1.54) is 10.6 Å². The van der Waals surface area contributed by atoms with Crippen LogP contribution in [-0.2, 0) is 12.0 Å². The molecule has 1 atom stereocenters. The van der Waals surface area contributed by atoms with E-state index in [9.17, 15) is 14.0 Å². The first-order valence-electron chi connectivity index (χ1n) is 7.89. The molecule has 0 amide bonds. The Morgan fingerprint density at radius 2 is 2.00 bits per heavy atom. The molecule has 2 aromatic rings. The highest BCUT2D eigenvalue weighted by Crippen LogP contribution is 2.41. The van der Waals surface area contributed by atoms with Gasteiger partial charge in [0.1, 0.15) is 11.6 Å². The maximum absolute atomic E-state index is 14.0. The summed E-state index contributed by atoms with van der Waals surface area (Å²) in [4.78, 5) is 27.7. The monoisotopic (exact) mass is 315 g/mol. The molecule has 0 saturated heterocycles. The first kappa shape index (κ1) is 14.2. The van der Waals surface area contributed by atoms with E-state index in [0.717, 1.165) is 12.8 Å². The van der Waals surface area contributed by atoms with Crippen molar-refractivity contribution in [3.05, 3.63) is 62.0 Å². The Morgan fingerprint density at radius 3 is 2.70 bits per heavy atom. The van der Waals surface area contributed by atoms with Crippen LogP contribution in [0.3, 0.4) is 0 Å². The molecule has 6 heteroatoms. The Balaban J connectivity index is 1.76. The molecule has 1 aromatic heterocycles. The summed E-state index contributed by atoms with van der Waals surface area (Å²) >= 11 is 0. The lowest BCUT2D eigenvalue weighted by atomic mass is 9.95. The number of halogens is 1. The molecule has 1 aromatic carbocycles. The maximum atomic E-state index is 14.0. The van der Waals surface area contributed by atoms with Crippen molar-refractivity contribution in [2.75, 3.05) is 5.32 Å². The zero-order valence-electron chi connectivity index (χ0n) is 12.9. The summed E-state index contributed by atoms with van der Waals surface area (Å²) in [6.07, 6.45) is 2.83. The summed E-state index contributed by atoms with van der Waals surface area (Å²) in [6.45, 7) is 1.93. The molecule has 1 aliphatic heterocycles. The molecule has 0 bridgehead atoms. The number of aromatic nitrogens is 2. The zero-order chi connectivity index (χ0) is 16.2. The largest absolute Gasteiger partial charge is 0.364 e. The molecule has 2 aliphatic rings. The topological polar surface area (TPSA) is 66.9 Å². The molecular weight excluding hydrogens is 297 g/mol. The van der Waals surface area contributed by atoms with Gasteiger partial charge in [-0.15, -0.1) is 0 Å². The van der Waals surface area contributed by atoms with E-state index in [1.807, 2.05) is 6.92 Å². The number of fused-ring (bicyclic) bond motifs is 1. The van der Waals surface area contributed by atoms with Crippen molar-refractivity contribution in [1.29, 1.82) is 0 Å². The smallest absolute Gasteiger partial charge is 0.330 e. The standard InChI is InChI=1S/C17H18FN3O2/c1-17(8-9-17)21-15(22)11-6-7-13(19-14(11)20-16(21)23)10-4-2-3-5-12(10)18/h2-5,13,19H,6-9H2,1H3,(H,20,23)/t13-/m1/s1. The van der Waals surface area contributed by atoms with E-state index < -0.39 is 5.69 Å². The molecule has 0 unspecified atom stereocenters. The van der Waals surface area contributed by atoms with Crippen molar-refractivity contribution in [2.24, 2.45) is 0 Å². The van der Waals surface area contributed by atoms with E-state index in [2.05, 4.69) is 10.3 Å². The van der Waals surface area contributed by atoms with Gasteiger partial charge < -0.3 is 5.32 Å². The molecule has 4 rings (SSSR count). The van der Waals surface area contributed by atoms with Gasteiger partial charge in [0.25, 0.3) is 5.56 Å². The van der Waals surface area contributed by atoms with Crippen LogP contribution in [-0.4, -0.2) is 9.55 Å². The summed E-state index contributed by atoms with van der Waals surface area (Å²) in [6, 6.07) is 6.33. The molecular formula is C17H18FN3O2. The number of rotatable bonds is 2. The van der Waals surface area contributed by atoms with Crippen LogP contribution in [0.4, 0.5) is 10.2 Å². The van der Waals surface area contributed by atoms with Gasteiger partial charge in [0, 0.05) is 5.56 Å². The Kier molecular flexibility index (Phi) is 2.98. The third-order valence-corrected chi connectivity index (χ3v) is 4.99. The fourth-order valence-electron chi connectivity index (χ4n) is 3.35. The predicted octanol–water partition coefficient (Wildman–Crippen LogP) is 2.28. The van der Waals surface area contributed by atoms with Crippen molar-refractivity contribution in [3.63, 3.8) is 0 Å². The van der Waals surface area contributed by atoms with Crippen molar-refractivity contribution < 1.29 is 4.39 Å². The number of aromatic amines is 1. The van der Waals surface area contributed by atoms with E-state index in [1.54, 1.807) is 18.2 Å². The van der Waals surface area contributed by atoms with Gasteiger partial charge in [0.2, 0.25) is 0 Å². The molecule has 0 spiro atoms. The SMILES string of the molecule is CC1(n2c(=O)[nH]c3c(c2=O)CC[C@H](c2ccccc2F)N3)CC1. The van der Waals surface area contributed by atoms with Gasteiger partial charge in [-0.25, -0.2) is 9.18 Å². The summed E-state index contributed by atoms with van der Waals surface area (Å²) in [5.41, 5.74) is 0.184. The molecule has 120 valence electrons. The number of H-pyrrole nitrogens is 1. The highest BCUT2D eigenvalue weighted by atomic mass is 19.1. The minimum Gasteiger partial charge on any atom is -0.364 e. The highest BCUT2D eigenvalue weighted by molar-refractivity contribution is 5.48. The summed E-state index contributed by atoms with van der Waals surface area (Å²) in [7, 11) is 0. The van der Waals surface area contributed by atoms with E-state index in [-0.39, 0.29) is 23.0 Å². The number of nitrogens with one attached hydrogen (secondary N) is 2. The number of benzene rings is 1. The quantitative estimate of drug-likeness (QED) is 0.893. The van der Waals surface area contributed by atoms with Crippen LogP contribution in [0.25, 0.3) is 0 Å². The number of hydrogen-bond acceptors (Lipinski definition) is 3. The van der Waals surface area contributed by atoms with Crippen LogP contribution < -0.4 is 16.6 Å². The minimum absolute atomic E-state index is 0.219. The molecule has 2 heterocycles. The Hall–Kier alpha value is -2.37. The highest BCUT2D eigenvalue weighted by Gasteiger charge is 2.42. The van der Waals surface area contributed by atoms with E-state index in [4.69, 9.17) is 0 Å². The van der Waals surface area contributed by atoms with Gasteiger partial charge in [-0.2, -0.15) is 0 Å². The average Bonchev–Trinajstić information content (AvgIpc) is 3.25. The van der Waals surface area contributed by atoms with Crippen LogP contribution in [0.15, 0.2) is 33.9 Å². The van der Waals surface area contributed by atoms with Crippen LogP contribution in [0.2, 0.25) is 0 Å². The van der Waals surface area contributed by atoms with Gasteiger partial charge in [-0.05, 0) is 38.7 Å². The average molecular weight is 315 g/mol. The van der Waals surface area contributed by atoms with Crippen LogP contribution in [0, 0.1) is 5.82 Å². The summed E-state index contributed by atoms with van der Waals surface area (Å²) in [5, 5.41) is 3.13. The number of anilines is 1. The van der Waals surface area contributed by atoms with Gasteiger partial charge in [0.05, 0.1) is 17.1 Å². The number of hydrogen-bond donors (Lipinski definition) is 2. The van der Waals surface area contributed by atoms with E-state index in [0.29, 0.717) is 29.8 Å². The minimum atomic E-state index is -0.393. The lowest BCUT2D eigenvalue weighted by Gasteiger charge is -2.27. The second kappa shape index (κ2) is 4.81.